The molecular formula is C13H10ClNO4. The van der Waals surface area contributed by atoms with Crippen molar-refractivity contribution < 1.29 is 13.9 Å². The van der Waals surface area contributed by atoms with E-state index in [0.717, 1.165) is 11.6 Å². The molecule has 0 saturated carbocycles. The third kappa shape index (κ3) is 2.82. The van der Waals surface area contributed by atoms with Gasteiger partial charge in [0.1, 0.15) is 0 Å². The van der Waals surface area contributed by atoms with Gasteiger partial charge in [-0.25, -0.2) is 14.6 Å². The monoisotopic (exact) mass is 279 g/mol. The van der Waals surface area contributed by atoms with Gasteiger partial charge in [0.2, 0.25) is 5.89 Å². The maximum atomic E-state index is 11.8. The van der Waals surface area contributed by atoms with Crippen molar-refractivity contribution in [1.82, 2.24) is 4.98 Å². The zero-order valence-electron chi connectivity index (χ0n) is 10.3. The molecule has 0 radical (unpaired) electrons. The van der Waals surface area contributed by atoms with Gasteiger partial charge in [0.05, 0.1) is 18.0 Å². The molecule has 2 rings (SSSR count). The van der Waals surface area contributed by atoms with Crippen molar-refractivity contribution in [2.75, 3.05) is 7.11 Å². The van der Waals surface area contributed by atoms with Gasteiger partial charge in [-0.2, -0.15) is 0 Å². The minimum atomic E-state index is -0.558. The number of nitrogens with zero attached hydrogens (tertiary/aromatic N) is 1. The fourth-order valence-corrected chi connectivity index (χ4v) is 1.87. The Balaban J connectivity index is 2.59. The Morgan fingerprint density at radius 3 is 2.89 bits per heavy atom. The molecule has 0 spiro atoms. The third-order valence-corrected chi connectivity index (χ3v) is 2.69. The van der Waals surface area contributed by atoms with Gasteiger partial charge in [-0.3, -0.25) is 0 Å². The van der Waals surface area contributed by atoms with E-state index in [0.29, 0.717) is 15.9 Å². The van der Waals surface area contributed by atoms with Crippen molar-refractivity contribution in [3.8, 4) is 0 Å². The zero-order chi connectivity index (χ0) is 14.0. The predicted octanol–water partition coefficient (Wildman–Crippen LogP) is 2.34. The third-order valence-electron chi connectivity index (χ3n) is 2.47. The van der Waals surface area contributed by atoms with Gasteiger partial charge in [0, 0.05) is 17.2 Å². The topological polar surface area (TPSA) is 69.4 Å². The number of benzene rings is 1. The Morgan fingerprint density at radius 2 is 2.21 bits per heavy atom. The maximum absolute atomic E-state index is 11.8. The van der Waals surface area contributed by atoms with Crippen molar-refractivity contribution in [2.24, 2.45) is 0 Å². The molecule has 0 atom stereocenters. The zero-order valence-corrected chi connectivity index (χ0v) is 11.0. The number of methoxy groups -OCH3 is 1. The summed E-state index contributed by atoms with van der Waals surface area (Å²) >= 11 is 5.87. The molecule has 0 bridgehead atoms. The van der Waals surface area contributed by atoms with E-state index in [9.17, 15) is 9.59 Å². The number of aromatic nitrogens is 1. The average molecular weight is 280 g/mol. The molecule has 0 N–H and O–H groups in total. The van der Waals surface area contributed by atoms with E-state index in [2.05, 4.69) is 9.72 Å². The smallest absolute Gasteiger partial charge is 0.347 e. The molecule has 0 unspecified atom stereocenters. The molecule has 98 valence electrons. The summed E-state index contributed by atoms with van der Waals surface area (Å²) in [6.45, 7) is 1.79. The number of fused-ring (bicyclic) bond motifs is 1. The van der Waals surface area contributed by atoms with Gasteiger partial charge in [0.15, 0.2) is 0 Å². The van der Waals surface area contributed by atoms with Crippen LogP contribution in [0.1, 0.15) is 11.5 Å². The van der Waals surface area contributed by atoms with Crippen LogP contribution >= 0.6 is 11.6 Å². The second-order valence-electron chi connectivity index (χ2n) is 3.81. The van der Waals surface area contributed by atoms with Crippen LogP contribution in [0.25, 0.3) is 17.0 Å². The van der Waals surface area contributed by atoms with Gasteiger partial charge in [0.25, 0.3) is 0 Å². The maximum Gasteiger partial charge on any atom is 0.347 e. The second kappa shape index (κ2) is 5.24. The van der Waals surface area contributed by atoms with Crippen LogP contribution in [0.15, 0.2) is 27.4 Å². The van der Waals surface area contributed by atoms with Crippen LogP contribution in [0.3, 0.4) is 0 Å². The Morgan fingerprint density at radius 1 is 1.47 bits per heavy atom. The van der Waals surface area contributed by atoms with E-state index in [1.807, 2.05) is 0 Å². The number of ether oxygens (including phenoxy) is 1. The highest BCUT2D eigenvalue weighted by Gasteiger charge is 2.08. The van der Waals surface area contributed by atoms with Crippen LogP contribution in [-0.4, -0.2) is 18.1 Å². The summed E-state index contributed by atoms with van der Waals surface area (Å²) in [6.07, 6.45) is 2.41. The number of esters is 1. The Kier molecular flexibility index (Phi) is 3.66. The van der Waals surface area contributed by atoms with E-state index in [1.165, 1.54) is 19.3 Å². The largest absolute Gasteiger partial charge is 0.466 e. The lowest BCUT2D eigenvalue weighted by Gasteiger charge is -2.02. The number of hydrogen-bond donors (Lipinski definition) is 0. The summed E-state index contributed by atoms with van der Waals surface area (Å²) < 4.78 is 9.41. The van der Waals surface area contributed by atoms with Gasteiger partial charge in [-0.15, -0.1) is 0 Å². The SMILES string of the molecule is COC(=O)/C=C\c1nc2c(C)cc(Cl)cc2c(=O)o1. The first-order valence-corrected chi connectivity index (χ1v) is 5.76. The van der Waals surface area contributed by atoms with Crippen LogP contribution in [0.5, 0.6) is 0 Å². The lowest BCUT2D eigenvalue weighted by atomic mass is 10.1. The van der Waals surface area contributed by atoms with Crippen LogP contribution in [0, 0.1) is 6.92 Å². The normalized spacial score (nSPS) is 11.1. The highest BCUT2D eigenvalue weighted by Crippen LogP contribution is 2.20. The van der Waals surface area contributed by atoms with E-state index in [4.69, 9.17) is 16.0 Å². The molecular weight excluding hydrogens is 270 g/mol. The summed E-state index contributed by atoms with van der Waals surface area (Å²) in [6, 6.07) is 3.20. The van der Waals surface area contributed by atoms with Crippen molar-refractivity contribution >= 4 is 34.5 Å². The predicted molar refractivity (Wildman–Crippen MR) is 71.1 cm³/mol. The molecule has 1 heterocycles. The molecule has 2 aromatic rings. The van der Waals surface area contributed by atoms with Crippen molar-refractivity contribution in [2.45, 2.75) is 6.92 Å². The van der Waals surface area contributed by atoms with Gasteiger partial charge in [-0.05, 0) is 24.6 Å². The van der Waals surface area contributed by atoms with E-state index >= 15 is 0 Å². The Labute approximate surface area is 113 Å². The summed E-state index contributed by atoms with van der Waals surface area (Å²) in [5.74, 6) is -0.523. The molecule has 1 aromatic carbocycles. The van der Waals surface area contributed by atoms with Crippen LogP contribution < -0.4 is 5.63 Å². The van der Waals surface area contributed by atoms with Crippen molar-refractivity contribution in [3.05, 3.63) is 45.1 Å². The summed E-state index contributed by atoms with van der Waals surface area (Å²) in [5.41, 5.74) is 0.688. The average Bonchev–Trinajstić information content (AvgIpc) is 2.37. The molecule has 0 saturated heterocycles. The molecule has 0 aliphatic carbocycles. The second-order valence-corrected chi connectivity index (χ2v) is 4.25. The van der Waals surface area contributed by atoms with Gasteiger partial charge in [-0.1, -0.05) is 11.6 Å². The molecule has 1 aromatic heterocycles. The van der Waals surface area contributed by atoms with Crippen molar-refractivity contribution in [1.29, 1.82) is 0 Å². The number of carbonyl (C=O) groups is 1. The molecule has 0 fully saturated rings. The van der Waals surface area contributed by atoms with Crippen LogP contribution in [0.2, 0.25) is 5.02 Å². The number of aryl methyl sites for hydroxylation is 1. The minimum Gasteiger partial charge on any atom is -0.466 e. The van der Waals surface area contributed by atoms with Gasteiger partial charge >= 0.3 is 11.6 Å². The van der Waals surface area contributed by atoms with Gasteiger partial charge < -0.3 is 9.15 Å². The highest BCUT2D eigenvalue weighted by molar-refractivity contribution is 6.31. The minimum absolute atomic E-state index is 0.0355. The first-order chi connectivity index (χ1) is 9.01. The van der Waals surface area contributed by atoms with E-state index in [-0.39, 0.29) is 5.89 Å². The summed E-state index contributed by atoms with van der Waals surface area (Å²) in [5, 5.41) is 0.747. The first-order valence-electron chi connectivity index (χ1n) is 5.38. The van der Waals surface area contributed by atoms with E-state index in [1.54, 1.807) is 13.0 Å². The Hall–Kier alpha value is -2.14. The fourth-order valence-electron chi connectivity index (χ4n) is 1.60. The summed E-state index contributed by atoms with van der Waals surface area (Å²) in [7, 11) is 1.25. The quantitative estimate of drug-likeness (QED) is 0.623. The van der Waals surface area contributed by atoms with Crippen LogP contribution in [0.4, 0.5) is 0 Å². The molecule has 19 heavy (non-hydrogen) atoms. The standard InChI is InChI=1S/C13H10ClNO4/c1-7-5-8(14)6-9-12(7)15-10(19-13(9)17)3-4-11(16)18-2/h3-6H,1-2H3/b4-3-. The Bertz CT molecular complexity index is 733. The number of halogens is 1. The summed E-state index contributed by atoms with van der Waals surface area (Å²) in [4.78, 5) is 26.9. The lowest BCUT2D eigenvalue weighted by Crippen LogP contribution is -2.04. The molecule has 0 aliphatic rings. The molecule has 0 aliphatic heterocycles. The van der Waals surface area contributed by atoms with Crippen molar-refractivity contribution in [3.63, 3.8) is 0 Å². The van der Waals surface area contributed by atoms with E-state index < -0.39 is 11.6 Å². The lowest BCUT2D eigenvalue weighted by molar-refractivity contribution is -0.134. The number of carbonyl (C=O) groups excluding carboxylic acids is 1. The fraction of sp³-hybridized carbons (Fsp3) is 0.154. The highest BCUT2D eigenvalue weighted by atomic mass is 35.5. The number of rotatable bonds is 2. The number of hydrogen-bond acceptors (Lipinski definition) is 5. The van der Waals surface area contributed by atoms with Crippen LogP contribution in [-0.2, 0) is 9.53 Å². The molecule has 6 heteroatoms. The molecule has 5 nitrogen and oxygen atoms in total. The first kappa shape index (κ1) is 13.3. The molecule has 0 amide bonds.